The number of rotatable bonds is 7. The van der Waals surface area contributed by atoms with E-state index in [2.05, 4.69) is 15.6 Å². The molecule has 194 valence electrons. The maximum Gasteiger partial charge on any atom is 0.255 e. The van der Waals surface area contributed by atoms with Crippen LogP contribution in [0.4, 0.5) is 5.82 Å². The number of allylic oxidation sites excluding steroid dienone is 3. The lowest BCUT2D eigenvalue weighted by Gasteiger charge is -2.34. The molecule has 7 nitrogen and oxygen atoms in total. The summed E-state index contributed by atoms with van der Waals surface area (Å²) in [7, 11) is 1.59. The van der Waals surface area contributed by atoms with Gasteiger partial charge < -0.3 is 20.1 Å². The molecule has 5 rings (SSSR count). The fourth-order valence-electron chi connectivity index (χ4n) is 5.13. The van der Waals surface area contributed by atoms with Crippen LogP contribution in [0.3, 0.4) is 0 Å². The summed E-state index contributed by atoms with van der Waals surface area (Å²) in [6, 6.07) is 21.0. The van der Waals surface area contributed by atoms with Crippen molar-refractivity contribution in [2.24, 2.45) is 0 Å². The van der Waals surface area contributed by atoms with E-state index in [1.165, 1.54) is 0 Å². The van der Waals surface area contributed by atoms with Gasteiger partial charge in [0.15, 0.2) is 17.3 Å². The number of amides is 1. The third kappa shape index (κ3) is 5.18. The minimum absolute atomic E-state index is 0.0543. The molecule has 2 aromatic carbocycles. The molecule has 1 atom stereocenters. The number of carbonyl (C=O) groups excluding carboxylic acids is 2. The van der Waals surface area contributed by atoms with Crippen LogP contribution in [-0.4, -0.2) is 23.8 Å². The summed E-state index contributed by atoms with van der Waals surface area (Å²) in [4.78, 5) is 31.4. The Hall–Kier alpha value is -4.39. The van der Waals surface area contributed by atoms with Crippen LogP contribution >= 0.6 is 0 Å². The molecule has 2 aliphatic rings. The largest absolute Gasteiger partial charge is 0.493 e. The van der Waals surface area contributed by atoms with Crippen molar-refractivity contribution in [2.45, 2.75) is 45.6 Å². The quantitative estimate of drug-likeness (QED) is 0.432. The molecule has 7 heteroatoms. The molecule has 1 unspecified atom stereocenters. The topological polar surface area (TPSA) is 89.5 Å². The van der Waals surface area contributed by atoms with Crippen LogP contribution in [0, 0.1) is 6.92 Å². The van der Waals surface area contributed by atoms with Crippen LogP contribution in [0.25, 0.3) is 0 Å². The molecule has 38 heavy (non-hydrogen) atoms. The number of hydrogen-bond donors (Lipinski definition) is 2. The number of aryl methyl sites for hydroxylation is 1. The van der Waals surface area contributed by atoms with E-state index in [1.54, 1.807) is 13.2 Å². The first-order valence-corrected chi connectivity index (χ1v) is 12.8. The van der Waals surface area contributed by atoms with Gasteiger partial charge in [-0.3, -0.25) is 9.59 Å². The molecule has 0 fully saturated rings. The predicted molar refractivity (Wildman–Crippen MR) is 146 cm³/mol. The van der Waals surface area contributed by atoms with Crippen molar-refractivity contribution in [3.8, 4) is 11.5 Å². The van der Waals surface area contributed by atoms with Gasteiger partial charge in [0.25, 0.3) is 5.91 Å². The number of carbonyl (C=O) groups is 2. The van der Waals surface area contributed by atoms with E-state index in [0.29, 0.717) is 41.5 Å². The first-order valence-electron chi connectivity index (χ1n) is 12.8. The lowest BCUT2D eigenvalue weighted by atomic mass is 9.75. The predicted octanol–water partition coefficient (Wildman–Crippen LogP) is 5.58. The fraction of sp³-hybridized carbons (Fsp3) is 0.258. The Morgan fingerprint density at radius 2 is 1.84 bits per heavy atom. The van der Waals surface area contributed by atoms with Gasteiger partial charge in [-0.2, -0.15) is 0 Å². The highest BCUT2D eigenvalue weighted by Gasteiger charge is 2.38. The van der Waals surface area contributed by atoms with Gasteiger partial charge in [0.1, 0.15) is 12.4 Å². The molecule has 0 saturated carbocycles. The number of ketones is 1. The van der Waals surface area contributed by atoms with Gasteiger partial charge in [-0.1, -0.05) is 42.5 Å². The molecular weight excluding hydrogens is 478 g/mol. The van der Waals surface area contributed by atoms with Crippen molar-refractivity contribution in [1.82, 2.24) is 10.3 Å². The summed E-state index contributed by atoms with van der Waals surface area (Å²) in [5.74, 6) is 0.811. The van der Waals surface area contributed by atoms with Gasteiger partial charge in [0, 0.05) is 40.6 Å². The summed E-state index contributed by atoms with van der Waals surface area (Å²) < 4.78 is 11.7. The summed E-state index contributed by atoms with van der Waals surface area (Å²) in [5, 5.41) is 6.29. The van der Waals surface area contributed by atoms with E-state index in [4.69, 9.17) is 9.47 Å². The number of hydrogen-bond acceptors (Lipinski definition) is 6. The first kappa shape index (κ1) is 25.3. The van der Waals surface area contributed by atoms with Crippen LogP contribution in [0.15, 0.2) is 89.3 Å². The van der Waals surface area contributed by atoms with Gasteiger partial charge >= 0.3 is 0 Å². The molecule has 0 bridgehead atoms. The zero-order valence-corrected chi connectivity index (χ0v) is 21.8. The molecule has 0 spiro atoms. The van der Waals surface area contributed by atoms with Crippen LogP contribution in [-0.2, 0) is 16.2 Å². The molecule has 1 aliphatic heterocycles. The lowest BCUT2D eigenvalue weighted by molar-refractivity contribution is -0.116. The van der Waals surface area contributed by atoms with Crippen molar-refractivity contribution in [1.29, 1.82) is 0 Å². The molecule has 2 heterocycles. The minimum Gasteiger partial charge on any atom is -0.493 e. The number of methoxy groups -OCH3 is 1. The Balaban J connectivity index is 1.52. The SMILES string of the molecule is COc1cc(C2C(C(=O)Nc3cccc(C)n3)=C(C)NC3=C2C(=O)CCC3)ccc1OCc1ccccc1. The molecule has 1 aliphatic carbocycles. The number of benzene rings is 2. The van der Waals surface area contributed by atoms with E-state index < -0.39 is 5.92 Å². The highest BCUT2D eigenvalue weighted by Crippen LogP contribution is 2.44. The van der Waals surface area contributed by atoms with Crippen LogP contribution < -0.4 is 20.1 Å². The third-order valence-corrected chi connectivity index (χ3v) is 6.91. The van der Waals surface area contributed by atoms with Crippen molar-refractivity contribution >= 4 is 17.5 Å². The number of dihydropyridines is 1. The maximum absolute atomic E-state index is 13.7. The van der Waals surface area contributed by atoms with E-state index in [-0.39, 0.29) is 11.7 Å². The van der Waals surface area contributed by atoms with Gasteiger partial charge in [-0.15, -0.1) is 0 Å². The van der Waals surface area contributed by atoms with E-state index in [9.17, 15) is 9.59 Å². The smallest absolute Gasteiger partial charge is 0.255 e. The van der Waals surface area contributed by atoms with E-state index in [1.807, 2.05) is 74.5 Å². The number of Topliss-reactive ketones (excluding diaryl/α,β-unsaturated/α-hetero) is 1. The zero-order chi connectivity index (χ0) is 26.6. The maximum atomic E-state index is 13.7. The summed E-state index contributed by atoms with van der Waals surface area (Å²) in [6.45, 7) is 4.15. The molecular formula is C31H31N3O4. The van der Waals surface area contributed by atoms with Gasteiger partial charge in [-0.05, 0) is 62.1 Å². The number of aromatic nitrogens is 1. The standard InChI is InChI=1S/C31H31N3O4/c1-19-9-7-14-27(32-19)34-31(36)28-20(2)33-23-12-8-13-24(35)30(23)29(28)22-15-16-25(26(17-22)37-3)38-18-21-10-5-4-6-11-21/h4-7,9-11,14-17,29,33H,8,12-13,18H2,1-3H3,(H,32,34,36). The molecule has 2 N–H and O–H groups in total. The number of anilines is 1. The average molecular weight is 510 g/mol. The van der Waals surface area contributed by atoms with Crippen molar-refractivity contribution in [3.63, 3.8) is 0 Å². The Bertz CT molecular complexity index is 1440. The Labute approximate surface area is 222 Å². The van der Waals surface area contributed by atoms with Crippen molar-refractivity contribution < 1.29 is 19.1 Å². The molecule has 0 saturated heterocycles. The Morgan fingerprint density at radius 3 is 2.61 bits per heavy atom. The number of nitrogens with one attached hydrogen (secondary N) is 2. The average Bonchev–Trinajstić information content (AvgIpc) is 2.91. The van der Waals surface area contributed by atoms with Crippen LogP contribution in [0.2, 0.25) is 0 Å². The third-order valence-electron chi connectivity index (χ3n) is 6.91. The van der Waals surface area contributed by atoms with Crippen LogP contribution in [0.5, 0.6) is 11.5 Å². The number of pyridine rings is 1. The second kappa shape index (κ2) is 10.9. The molecule has 0 radical (unpaired) electrons. The highest BCUT2D eigenvalue weighted by molar-refractivity contribution is 6.09. The molecule has 1 amide bonds. The summed E-state index contributed by atoms with van der Waals surface area (Å²) >= 11 is 0. The lowest BCUT2D eigenvalue weighted by Crippen LogP contribution is -2.35. The number of ether oxygens (including phenoxy) is 2. The van der Waals surface area contributed by atoms with E-state index in [0.717, 1.165) is 41.1 Å². The van der Waals surface area contributed by atoms with Gasteiger partial charge in [-0.25, -0.2) is 4.98 Å². The highest BCUT2D eigenvalue weighted by atomic mass is 16.5. The monoisotopic (exact) mass is 509 g/mol. The Kier molecular flexibility index (Phi) is 7.26. The number of nitrogens with zero attached hydrogens (tertiary/aromatic N) is 1. The molecule has 3 aromatic rings. The normalized spacial score (nSPS) is 17.0. The zero-order valence-electron chi connectivity index (χ0n) is 21.8. The summed E-state index contributed by atoms with van der Waals surface area (Å²) in [5.41, 5.74) is 5.37. The Morgan fingerprint density at radius 1 is 1.03 bits per heavy atom. The molecule has 1 aromatic heterocycles. The van der Waals surface area contributed by atoms with Gasteiger partial charge in [0.2, 0.25) is 0 Å². The van der Waals surface area contributed by atoms with Gasteiger partial charge in [0.05, 0.1) is 7.11 Å². The van der Waals surface area contributed by atoms with Crippen molar-refractivity contribution in [2.75, 3.05) is 12.4 Å². The fourth-order valence-corrected chi connectivity index (χ4v) is 5.13. The van der Waals surface area contributed by atoms with Crippen LogP contribution in [0.1, 0.15) is 48.9 Å². The van der Waals surface area contributed by atoms with E-state index >= 15 is 0 Å². The minimum atomic E-state index is -0.541. The second-order valence-corrected chi connectivity index (χ2v) is 9.57. The van der Waals surface area contributed by atoms with Crippen molar-refractivity contribution in [3.05, 3.63) is 106 Å². The second-order valence-electron chi connectivity index (χ2n) is 9.57. The summed E-state index contributed by atoms with van der Waals surface area (Å²) in [6.07, 6.45) is 2.01. The first-order chi connectivity index (χ1) is 18.4.